The predicted molar refractivity (Wildman–Crippen MR) is 124 cm³/mol. The maximum Gasteiger partial charge on any atom is 0.417 e. The topological polar surface area (TPSA) is 72.0 Å². The summed E-state index contributed by atoms with van der Waals surface area (Å²) in [5.41, 5.74) is -1.46. The molecule has 2 aliphatic rings. The van der Waals surface area contributed by atoms with Gasteiger partial charge in [0.1, 0.15) is 34.4 Å². The molecule has 2 aromatic heterocycles. The third-order valence-electron chi connectivity index (χ3n) is 6.11. The molecule has 3 unspecified atom stereocenters. The number of pyridine rings is 1. The van der Waals surface area contributed by atoms with Gasteiger partial charge in [0.25, 0.3) is 11.8 Å². The molecule has 3 atom stereocenters. The molecular formula is C23H17ClF5N3O4S. The van der Waals surface area contributed by atoms with Gasteiger partial charge in [-0.05, 0) is 37.4 Å². The van der Waals surface area contributed by atoms with E-state index in [1.165, 1.54) is 25.3 Å². The smallest absolute Gasteiger partial charge is 0.341 e. The fraction of sp³-hybridized carbons (Fsp3) is 0.348. The largest absolute Gasteiger partial charge is 0.417 e. The molecule has 2 fully saturated rings. The van der Waals surface area contributed by atoms with Crippen LogP contribution in [-0.2, 0) is 25.2 Å². The SMILES string of the molecule is CN(C(=O)C1C2OC(C)(C)OC2C(=O)N1c1cc(C(F)(F)F)c2ccsc2n1)c1cc(Cl)c(F)cc1F. The number of benzene rings is 1. The summed E-state index contributed by atoms with van der Waals surface area (Å²) in [6, 6.07) is 1.72. The summed E-state index contributed by atoms with van der Waals surface area (Å²) in [6.07, 6.45) is -7.38. The Labute approximate surface area is 215 Å². The minimum Gasteiger partial charge on any atom is -0.341 e. The normalized spacial score (nSPS) is 23.1. The lowest BCUT2D eigenvalue weighted by molar-refractivity contribution is -0.161. The molecule has 4 heterocycles. The summed E-state index contributed by atoms with van der Waals surface area (Å²) < 4.78 is 81.3. The average molecular weight is 562 g/mol. The second-order valence-electron chi connectivity index (χ2n) is 8.95. The third kappa shape index (κ3) is 4.23. The first-order chi connectivity index (χ1) is 17.2. The lowest BCUT2D eigenvalue weighted by Gasteiger charge is -2.31. The average Bonchev–Trinajstić information content (AvgIpc) is 3.46. The molecule has 7 nitrogen and oxygen atoms in total. The second-order valence-corrected chi connectivity index (χ2v) is 10.3. The minimum atomic E-state index is -4.78. The molecule has 0 aliphatic carbocycles. The summed E-state index contributed by atoms with van der Waals surface area (Å²) in [5.74, 6) is -5.70. The number of alkyl halides is 3. The predicted octanol–water partition coefficient (Wildman–Crippen LogP) is 5.15. The monoisotopic (exact) mass is 561 g/mol. The number of anilines is 2. The molecule has 0 bridgehead atoms. The van der Waals surface area contributed by atoms with Gasteiger partial charge in [0.2, 0.25) is 0 Å². The van der Waals surface area contributed by atoms with E-state index in [2.05, 4.69) is 4.98 Å². The van der Waals surface area contributed by atoms with Crippen molar-refractivity contribution in [3.63, 3.8) is 0 Å². The van der Waals surface area contributed by atoms with Crippen LogP contribution in [0.3, 0.4) is 0 Å². The Bertz CT molecular complexity index is 1450. The van der Waals surface area contributed by atoms with Gasteiger partial charge in [0, 0.05) is 18.5 Å². The quantitative estimate of drug-likeness (QED) is 0.327. The first-order valence-corrected chi connectivity index (χ1v) is 12.0. The van der Waals surface area contributed by atoms with Crippen molar-refractivity contribution in [2.45, 2.75) is 44.1 Å². The molecule has 0 radical (unpaired) electrons. The van der Waals surface area contributed by atoms with Gasteiger partial charge in [-0.2, -0.15) is 13.2 Å². The molecule has 3 aromatic rings. The number of likely N-dealkylation sites (N-methyl/N-ethyl adjacent to an activating group) is 1. The van der Waals surface area contributed by atoms with Crippen LogP contribution < -0.4 is 9.80 Å². The number of thiophene rings is 1. The number of nitrogens with zero attached hydrogens (tertiary/aromatic N) is 3. The Morgan fingerprint density at radius 3 is 2.57 bits per heavy atom. The third-order valence-corrected chi connectivity index (χ3v) is 7.21. The molecule has 196 valence electrons. The first-order valence-electron chi connectivity index (χ1n) is 10.8. The van der Waals surface area contributed by atoms with Crippen molar-refractivity contribution in [1.29, 1.82) is 0 Å². The summed E-state index contributed by atoms with van der Waals surface area (Å²) in [4.78, 5) is 32.9. The number of hydrogen-bond acceptors (Lipinski definition) is 6. The molecule has 0 spiro atoms. The van der Waals surface area contributed by atoms with E-state index in [9.17, 15) is 31.5 Å². The Morgan fingerprint density at radius 2 is 1.89 bits per heavy atom. The Kier molecular flexibility index (Phi) is 5.98. The van der Waals surface area contributed by atoms with Gasteiger partial charge in [-0.3, -0.25) is 14.5 Å². The van der Waals surface area contributed by atoms with Crippen molar-refractivity contribution in [3.8, 4) is 0 Å². The van der Waals surface area contributed by atoms with Crippen molar-refractivity contribution >= 4 is 56.5 Å². The van der Waals surface area contributed by atoms with Gasteiger partial charge in [-0.15, -0.1) is 11.3 Å². The number of amides is 2. The van der Waals surface area contributed by atoms with Crippen LogP contribution in [0, 0.1) is 11.6 Å². The van der Waals surface area contributed by atoms with Crippen LogP contribution in [0.4, 0.5) is 33.5 Å². The number of fused-ring (bicyclic) bond motifs is 2. The highest BCUT2D eigenvalue weighted by atomic mass is 35.5. The van der Waals surface area contributed by atoms with E-state index in [4.69, 9.17) is 21.1 Å². The molecule has 14 heteroatoms. The van der Waals surface area contributed by atoms with Crippen molar-refractivity contribution < 1.29 is 41.0 Å². The zero-order valence-electron chi connectivity index (χ0n) is 19.3. The summed E-state index contributed by atoms with van der Waals surface area (Å²) >= 11 is 6.69. The van der Waals surface area contributed by atoms with Crippen molar-refractivity contribution in [2.24, 2.45) is 0 Å². The van der Waals surface area contributed by atoms with Crippen LogP contribution in [0.1, 0.15) is 19.4 Å². The molecule has 5 rings (SSSR count). The van der Waals surface area contributed by atoms with Crippen LogP contribution in [0.15, 0.2) is 29.6 Å². The molecule has 2 aliphatic heterocycles. The number of halogens is 6. The highest BCUT2D eigenvalue weighted by molar-refractivity contribution is 7.16. The first kappa shape index (κ1) is 25.8. The second kappa shape index (κ2) is 8.58. The zero-order valence-corrected chi connectivity index (χ0v) is 20.8. The van der Waals surface area contributed by atoms with Gasteiger partial charge in [-0.25, -0.2) is 13.8 Å². The van der Waals surface area contributed by atoms with E-state index in [0.29, 0.717) is 12.1 Å². The van der Waals surface area contributed by atoms with Gasteiger partial charge in [-0.1, -0.05) is 11.6 Å². The summed E-state index contributed by atoms with van der Waals surface area (Å²) in [6.45, 7) is 3.01. The van der Waals surface area contributed by atoms with Crippen LogP contribution in [0.2, 0.25) is 5.02 Å². The lowest BCUT2D eigenvalue weighted by atomic mass is 10.1. The van der Waals surface area contributed by atoms with E-state index >= 15 is 0 Å². The number of hydrogen-bond donors (Lipinski definition) is 0. The number of rotatable bonds is 3. The number of ether oxygens (including phenoxy) is 2. The van der Waals surface area contributed by atoms with Crippen LogP contribution in [-0.4, -0.2) is 47.9 Å². The van der Waals surface area contributed by atoms with Gasteiger partial charge in [0.05, 0.1) is 16.3 Å². The molecule has 0 saturated carbocycles. The molecule has 37 heavy (non-hydrogen) atoms. The number of aromatic nitrogens is 1. The highest BCUT2D eigenvalue weighted by Crippen LogP contribution is 2.43. The zero-order chi connectivity index (χ0) is 27.0. The number of carbonyl (C=O) groups is 2. The maximum atomic E-state index is 14.6. The number of carbonyl (C=O) groups excluding carboxylic acids is 2. The summed E-state index contributed by atoms with van der Waals surface area (Å²) in [7, 11) is 1.16. The van der Waals surface area contributed by atoms with Crippen LogP contribution in [0.25, 0.3) is 10.2 Å². The van der Waals surface area contributed by atoms with E-state index in [1.807, 2.05) is 0 Å². The minimum absolute atomic E-state index is 0.00670. The summed E-state index contributed by atoms with van der Waals surface area (Å²) in [5, 5.41) is 0.794. The fourth-order valence-corrected chi connectivity index (χ4v) is 5.46. The molecular weight excluding hydrogens is 545 g/mol. The molecule has 1 aromatic carbocycles. The van der Waals surface area contributed by atoms with Gasteiger partial charge >= 0.3 is 6.18 Å². The van der Waals surface area contributed by atoms with E-state index < -0.39 is 75.8 Å². The van der Waals surface area contributed by atoms with Crippen molar-refractivity contribution in [2.75, 3.05) is 16.8 Å². The van der Waals surface area contributed by atoms with E-state index in [-0.39, 0.29) is 10.2 Å². The molecule has 2 saturated heterocycles. The molecule has 0 N–H and O–H groups in total. The van der Waals surface area contributed by atoms with E-state index in [0.717, 1.165) is 34.3 Å². The highest BCUT2D eigenvalue weighted by Gasteiger charge is 2.61. The lowest BCUT2D eigenvalue weighted by Crippen LogP contribution is -2.51. The van der Waals surface area contributed by atoms with Gasteiger partial charge in [0.15, 0.2) is 11.9 Å². The standard InChI is InChI=1S/C23H17ClF5N3O4S/c1-22(2)35-17-16(20(33)31(3)14-7-11(24)12(25)8-13(14)26)32(21(34)18(17)36-22)15-6-10(23(27,28)29)9-4-5-37-19(9)30-15/h4-8,16-18H,1-3H3. The molecule has 2 amide bonds. The fourth-order valence-electron chi connectivity index (χ4n) is 4.52. The van der Waals surface area contributed by atoms with Crippen LogP contribution >= 0.6 is 22.9 Å². The van der Waals surface area contributed by atoms with Crippen molar-refractivity contribution in [3.05, 3.63) is 51.9 Å². The van der Waals surface area contributed by atoms with E-state index in [1.54, 1.807) is 0 Å². The van der Waals surface area contributed by atoms with Crippen LogP contribution in [0.5, 0.6) is 0 Å². The Balaban J connectivity index is 1.64. The Morgan fingerprint density at radius 1 is 1.19 bits per heavy atom. The maximum absolute atomic E-state index is 14.6. The van der Waals surface area contributed by atoms with Gasteiger partial charge < -0.3 is 14.4 Å². The Hall–Kier alpha value is -2.87. The van der Waals surface area contributed by atoms with Crippen molar-refractivity contribution in [1.82, 2.24) is 4.98 Å².